The molecule has 1 aromatic heterocycles. The highest BCUT2D eigenvalue weighted by Gasteiger charge is 2.42. The minimum absolute atomic E-state index is 0.0876. The first-order valence-electron chi connectivity index (χ1n) is 8.68. The van der Waals surface area contributed by atoms with Gasteiger partial charge in [-0.15, -0.1) is 0 Å². The predicted molar refractivity (Wildman–Crippen MR) is 101 cm³/mol. The van der Waals surface area contributed by atoms with Crippen molar-refractivity contribution in [1.82, 2.24) is 10.3 Å². The van der Waals surface area contributed by atoms with Gasteiger partial charge in [0.25, 0.3) is 11.8 Å². The summed E-state index contributed by atoms with van der Waals surface area (Å²) in [7, 11) is 0. The van der Waals surface area contributed by atoms with E-state index in [9.17, 15) is 27.2 Å². The van der Waals surface area contributed by atoms with Crippen LogP contribution in [-0.4, -0.2) is 23.0 Å². The highest BCUT2D eigenvalue weighted by molar-refractivity contribution is 6.05. The van der Waals surface area contributed by atoms with E-state index in [4.69, 9.17) is 0 Å². The van der Waals surface area contributed by atoms with Gasteiger partial charge in [0.1, 0.15) is 5.82 Å². The summed E-state index contributed by atoms with van der Waals surface area (Å²) in [5, 5.41) is 4.46. The number of anilines is 1. The van der Waals surface area contributed by atoms with Gasteiger partial charge in [0.05, 0.1) is 5.56 Å². The molecule has 0 spiro atoms. The molecule has 5 nitrogen and oxygen atoms in total. The second-order valence-electron chi connectivity index (χ2n) is 6.28. The molecule has 1 atom stereocenters. The van der Waals surface area contributed by atoms with Crippen LogP contribution in [0.3, 0.4) is 0 Å². The Kier molecular flexibility index (Phi) is 6.10. The third-order valence-electron chi connectivity index (χ3n) is 4.11. The number of carbonyl (C=O) groups is 2. The van der Waals surface area contributed by atoms with Gasteiger partial charge in [-0.1, -0.05) is 18.2 Å². The minimum atomic E-state index is -4.79. The lowest BCUT2D eigenvalue weighted by Crippen LogP contribution is -2.38. The molecule has 0 aliphatic heterocycles. The maximum absolute atomic E-state index is 13.5. The number of hydrogen-bond donors (Lipinski definition) is 2. The van der Waals surface area contributed by atoms with Crippen molar-refractivity contribution in [2.45, 2.75) is 12.2 Å². The fourth-order valence-corrected chi connectivity index (χ4v) is 2.66. The van der Waals surface area contributed by atoms with Crippen LogP contribution in [0.15, 0.2) is 73.1 Å². The molecule has 9 heteroatoms. The van der Waals surface area contributed by atoms with Crippen LogP contribution in [0.25, 0.3) is 0 Å². The monoisotopic (exact) mass is 417 g/mol. The Labute approximate surface area is 168 Å². The smallest absolute Gasteiger partial charge is 0.337 e. The molecule has 0 saturated carbocycles. The van der Waals surface area contributed by atoms with Gasteiger partial charge in [0.2, 0.25) is 0 Å². The average Bonchev–Trinajstić information content (AvgIpc) is 2.72. The average molecular weight is 417 g/mol. The summed E-state index contributed by atoms with van der Waals surface area (Å²) in [4.78, 5) is 28.5. The molecule has 2 aromatic carbocycles. The molecule has 1 heterocycles. The van der Waals surface area contributed by atoms with Crippen LogP contribution >= 0.6 is 0 Å². The van der Waals surface area contributed by atoms with E-state index in [-0.39, 0.29) is 22.4 Å². The van der Waals surface area contributed by atoms with Crippen molar-refractivity contribution in [3.63, 3.8) is 0 Å². The molecule has 154 valence electrons. The van der Waals surface area contributed by atoms with Crippen molar-refractivity contribution in [2.24, 2.45) is 0 Å². The van der Waals surface area contributed by atoms with Crippen LogP contribution in [0.5, 0.6) is 0 Å². The zero-order valence-electron chi connectivity index (χ0n) is 15.3. The Hall–Kier alpha value is -3.75. The Bertz CT molecular complexity index is 1040. The quantitative estimate of drug-likeness (QED) is 0.601. The number of rotatable bonds is 5. The predicted octanol–water partition coefficient (Wildman–Crippen LogP) is 4.51. The normalized spacial score (nSPS) is 12.1. The zero-order valence-corrected chi connectivity index (χ0v) is 15.3. The van der Waals surface area contributed by atoms with Crippen LogP contribution in [0.2, 0.25) is 0 Å². The Morgan fingerprint density at radius 1 is 0.900 bits per heavy atom. The largest absolute Gasteiger partial charge is 0.412 e. The van der Waals surface area contributed by atoms with E-state index in [0.717, 1.165) is 24.3 Å². The second-order valence-corrected chi connectivity index (χ2v) is 6.28. The van der Waals surface area contributed by atoms with Crippen LogP contribution < -0.4 is 10.6 Å². The Balaban J connectivity index is 1.78. The molecule has 2 N–H and O–H groups in total. The van der Waals surface area contributed by atoms with E-state index < -0.39 is 29.8 Å². The van der Waals surface area contributed by atoms with Crippen molar-refractivity contribution in [3.05, 3.63) is 95.6 Å². The van der Waals surface area contributed by atoms with Gasteiger partial charge >= 0.3 is 6.18 Å². The molecule has 30 heavy (non-hydrogen) atoms. The van der Waals surface area contributed by atoms with Gasteiger partial charge in [-0.25, -0.2) is 4.39 Å². The molecule has 0 aliphatic rings. The number of benzene rings is 2. The summed E-state index contributed by atoms with van der Waals surface area (Å²) < 4.78 is 53.4. The van der Waals surface area contributed by atoms with Crippen LogP contribution in [0.1, 0.15) is 32.3 Å². The minimum Gasteiger partial charge on any atom is -0.337 e. The molecule has 0 radical (unpaired) electrons. The van der Waals surface area contributed by atoms with Gasteiger partial charge in [-0.2, -0.15) is 13.2 Å². The van der Waals surface area contributed by atoms with E-state index >= 15 is 0 Å². The number of pyridine rings is 1. The Morgan fingerprint density at radius 3 is 2.23 bits per heavy atom. The van der Waals surface area contributed by atoms with Gasteiger partial charge in [0.15, 0.2) is 6.04 Å². The fraction of sp³-hybridized carbons (Fsp3) is 0.0952. The van der Waals surface area contributed by atoms with E-state index in [1.54, 1.807) is 6.07 Å². The highest BCUT2D eigenvalue weighted by Crippen LogP contribution is 2.33. The first-order valence-corrected chi connectivity index (χ1v) is 8.68. The molecule has 0 bridgehead atoms. The van der Waals surface area contributed by atoms with Crippen molar-refractivity contribution < 1.29 is 27.2 Å². The third kappa shape index (κ3) is 5.19. The van der Waals surface area contributed by atoms with Crippen LogP contribution in [0, 0.1) is 5.82 Å². The molecule has 0 fully saturated rings. The van der Waals surface area contributed by atoms with E-state index in [1.165, 1.54) is 42.7 Å². The standard InChI is InChI=1S/C21H15F4N3O2/c22-16-8-6-13(7-9-16)18(21(23,24)25)28-19(29)14-3-1-5-17(11-14)27-20(30)15-4-2-10-26-12-15/h1-12,18H,(H,27,30)(H,28,29). The number of carbonyl (C=O) groups excluding carboxylic acids is 2. The van der Waals surface area contributed by atoms with E-state index in [2.05, 4.69) is 10.3 Å². The third-order valence-corrected chi connectivity index (χ3v) is 4.11. The number of alkyl halides is 3. The fourth-order valence-electron chi connectivity index (χ4n) is 2.66. The van der Waals surface area contributed by atoms with Crippen molar-refractivity contribution in [3.8, 4) is 0 Å². The van der Waals surface area contributed by atoms with Crippen molar-refractivity contribution >= 4 is 17.5 Å². The summed E-state index contributed by atoms with van der Waals surface area (Å²) >= 11 is 0. The molecular formula is C21H15F4N3O2. The van der Waals surface area contributed by atoms with Gasteiger partial charge in [-0.3, -0.25) is 14.6 Å². The van der Waals surface area contributed by atoms with Crippen LogP contribution in [0.4, 0.5) is 23.2 Å². The molecule has 3 aromatic rings. The molecule has 0 saturated heterocycles. The zero-order chi connectivity index (χ0) is 21.7. The number of aromatic nitrogens is 1. The molecule has 3 rings (SSSR count). The van der Waals surface area contributed by atoms with Crippen molar-refractivity contribution in [2.75, 3.05) is 5.32 Å². The number of hydrogen-bond acceptors (Lipinski definition) is 3. The summed E-state index contributed by atoms with van der Waals surface area (Å²) in [6.45, 7) is 0. The molecular weight excluding hydrogens is 402 g/mol. The van der Waals surface area contributed by atoms with Crippen LogP contribution in [-0.2, 0) is 0 Å². The lowest BCUT2D eigenvalue weighted by atomic mass is 10.1. The molecule has 1 unspecified atom stereocenters. The first kappa shape index (κ1) is 21.0. The summed E-state index contributed by atoms with van der Waals surface area (Å²) in [6, 6.07) is 9.95. The lowest BCUT2D eigenvalue weighted by Gasteiger charge is -2.22. The van der Waals surface area contributed by atoms with Gasteiger partial charge in [0, 0.05) is 23.6 Å². The van der Waals surface area contributed by atoms with Crippen molar-refractivity contribution in [1.29, 1.82) is 0 Å². The van der Waals surface area contributed by atoms with E-state index in [1.807, 2.05) is 5.32 Å². The topological polar surface area (TPSA) is 71.1 Å². The molecule has 0 aliphatic carbocycles. The lowest BCUT2D eigenvalue weighted by molar-refractivity contribution is -0.155. The maximum atomic E-state index is 13.5. The number of nitrogens with one attached hydrogen (secondary N) is 2. The number of halogens is 4. The maximum Gasteiger partial charge on any atom is 0.412 e. The SMILES string of the molecule is O=C(Nc1cccc(C(=O)NC(c2ccc(F)cc2)C(F)(F)F)c1)c1cccnc1. The first-order chi connectivity index (χ1) is 14.2. The second kappa shape index (κ2) is 8.73. The summed E-state index contributed by atoms with van der Waals surface area (Å²) in [5.74, 6) is -2.18. The summed E-state index contributed by atoms with van der Waals surface area (Å²) in [6.07, 6.45) is -1.94. The Morgan fingerprint density at radius 2 is 1.60 bits per heavy atom. The summed E-state index contributed by atoms with van der Waals surface area (Å²) in [5.41, 5.74) is 0.108. The number of nitrogens with zero attached hydrogens (tertiary/aromatic N) is 1. The number of amides is 2. The van der Waals surface area contributed by atoms with E-state index in [0.29, 0.717) is 0 Å². The van der Waals surface area contributed by atoms with Gasteiger partial charge in [-0.05, 0) is 48.0 Å². The highest BCUT2D eigenvalue weighted by atomic mass is 19.4. The van der Waals surface area contributed by atoms with Gasteiger partial charge < -0.3 is 10.6 Å². The molecule has 2 amide bonds.